The molecule has 0 saturated heterocycles. The van der Waals surface area contributed by atoms with Crippen LogP contribution < -0.4 is 0 Å². The average Bonchev–Trinajstić information content (AvgIpc) is 2.60. The van der Waals surface area contributed by atoms with Gasteiger partial charge < -0.3 is 4.74 Å². The molecule has 5 heteroatoms. The molecular formula is C10H6BrClO2S. The van der Waals surface area contributed by atoms with Crippen LogP contribution in [0.5, 0.6) is 0 Å². The van der Waals surface area contributed by atoms with Gasteiger partial charge in [0.15, 0.2) is 0 Å². The summed E-state index contributed by atoms with van der Waals surface area (Å²) in [7, 11) is 1.37. The Morgan fingerprint density at radius 1 is 1.47 bits per heavy atom. The molecule has 2 rings (SSSR count). The third-order valence-corrected chi connectivity index (χ3v) is 4.22. The fraction of sp³-hybridized carbons (Fsp3) is 0.100. The van der Waals surface area contributed by atoms with Gasteiger partial charge in [-0.2, -0.15) is 0 Å². The fourth-order valence-electron chi connectivity index (χ4n) is 1.24. The summed E-state index contributed by atoms with van der Waals surface area (Å²) in [4.78, 5) is 11.9. The van der Waals surface area contributed by atoms with Gasteiger partial charge in [-0.25, -0.2) is 4.79 Å². The van der Waals surface area contributed by atoms with Gasteiger partial charge in [0.25, 0.3) is 0 Å². The van der Waals surface area contributed by atoms with Crippen LogP contribution in [-0.2, 0) is 4.74 Å². The van der Waals surface area contributed by atoms with E-state index in [1.54, 1.807) is 6.07 Å². The molecule has 0 aliphatic rings. The first-order chi connectivity index (χ1) is 7.11. The van der Waals surface area contributed by atoms with Crippen LogP contribution >= 0.6 is 38.9 Å². The van der Waals surface area contributed by atoms with Crippen LogP contribution in [0.25, 0.3) is 10.1 Å². The highest BCUT2D eigenvalue weighted by atomic mass is 79.9. The molecule has 0 bridgehead atoms. The molecule has 1 heterocycles. The van der Waals surface area contributed by atoms with E-state index >= 15 is 0 Å². The Bertz CT molecular complexity index is 496. The summed E-state index contributed by atoms with van der Waals surface area (Å²) in [5.74, 6) is -0.316. The van der Waals surface area contributed by atoms with Crippen molar-refractivity contribution in [1.29, 1.82) is 0 Å². The van der Waals surface area contributed by atoms with Gasteiger partial charge in [-0.05, 0) is 39.5 Å². The number of ether oxygens (including phenoxy) is 1. The van der Waals surface area contributed by atoms with Crippen LogP contribution in [0.4, 0.5) is 0 Å². The van der Waals surface area contributed by atoms with E-state index < -0.39 is 0 Å². The largest absolute Gasteiger partial charge is 0.465 e. The molecule has 0 spiro atoms. The standard InChI is InChI=1S/C10H6BrClO2S/c1-14-10(13)9-3-5-2-6(11)7(12)4-8(5)15-9/h2-4H,1H3. The Labute approximate surface area is 104 Å². The van der Waals surface area contributed by atoms with E-state index in [0.717, 1.165) is 14.6 Å². The van der Waals surface area contributed by atoms with E-state index in [0.29, 0.717) is 9.90 Å². The van der Waals surface area contributed by atoms with Crippen LogP contribution in [0, 0.1) is 0 Å². The van der Waals surface area contributed by atoms with Crippen molar-refractivity contribution in [1.82, 2.24) is 0 Å². The van der Waals surface area contributed by atoms with Crippen LogP contribution in [-0.4, -0.2) is 13.1 Å². The maximum Gasteiger partial charge on any atom is 0.348 e. The molecule has 0 aliphatic heterocycles. The number of methoxy groups -OCH3 is 1. The number of benzene rings is 1. The van der Waals surface area contributed by atoms with E-state index in [-0.39, 0.29) is 5.97 Å². The minimum atomic E-state index is -0.316. The Morgan fingerprint density at radius 2 is 2.20 bits per heavy atom. The number of thiophene rings is 1. The van der Waals surface area contributed by atoms with Crippen LogP contribution in [0.3, 0.4) is 0 Å². The number of hydrogen-bond acceptors (Lipinski definition) is 3. The predicted molar refractivity (Wildman–Crippen MR) is 65.9 cm³/mol. The van der Waals surface area contributed by atoms with Gasteiger partial charge in [0.2, 0.25) is 0 Å². The van der Waals surface area contributed by atoms with Crippen molar-refractivity contribution in [3.05, 3.63) is 32.6 Å². The molecule has 0 aliphatic carbocycles. The monoisotopic (exact) mass is 304 g/mol. The summed E-state index contributed by atoms with van der Waals surface area (Å²) in [6.07, 6.45) is 0. The molecular weight excluding hydrogens is 300 g/mol. The second-order valence-electron chi connectivity index (χ2n) is 2.91. The average molecular weight is 306 g/mol. The molecule has 0 saturated carbocycles. The lowest BCUT2D eigenvalue weighted by atomic mass is 10.2. The van der Waals surface area contributed by atoms with Crippen molar-refractivity contribution in [2.45, 2.75) is 0 Å². The van der Waals surface area contributed by atoms with Gasteiger partial charge in [0.05, 0.1) is 12.1 Å². The smallest absolute Gasteiger partial charge is 0.348 e. The highest BCUT2D eigenvalue weighted by molar-refractivity contribution is 9.10. The van der Waals surface area contributed by atoms with Crippen molar-refractivity contribution in [3.63, 3.8) is 0 Å². The number of halogens is 2. The molecule has 78 valence electrons. The predicted octanol–water partition coefficient (Wildman–Crippen LogP) is 4.10. The SMILES string of the molecule is COC(=O)c1cc2cc(Br)c(Cl)cc2s1. The van der Waals surface area contributed by atoms with Gasteiger partial charge in [0, 0.05) is 9.17 Å². The normalized spacial score (nSPS) is 10.6. The van der Waals surface area contributed by atoms with E-state index in [1.807, 2.05) is 12.1 Å². The molecule has 1 aromatic heterocycles. The lowest BCUT2D eigenvalue weighted by Crippen LogP contribution is -1.96. The summed E-state index contributed by atoms with van der Waals surface area (Å²) in [5.41, 5.74) is 0. The first-order valence-corrected chi connectivity index (χ1v) is 6.07. The fourth-order valence-corrected chi connectivity index (χ4v) is 2.83. The highest BCUT2D eigenvalue weighted by Crippen LogP contribution is 2.33. The number of carbonyl (C=O) groups is 1. The maximum atomic E-state index is 11.3. The number of hydrogen-bond donors (Lipinski definition) is 0. The molecule has 0 unspecified atom stereocenters. The van der Waals surface area contributed by atoms with E-state index in [9.17, 15) is 4.79 Å². The topological polar surface area (TPSA) is 26.3 Å². The summed E-state index contributed by atoms with van der Waals surface area (Å²) in [6, 6.07) is 5.52. The van der Waals surface area contributed by atoms with Gasteiger partial charge in [-0.15, -0.1) is 11.3 Å². The zero-order valence-corrected chi connectivity index (χ0v) is 10.9. The highest BCUT2D eigenvalue weighted by Gasteiger charge is 2.11. The van der Waals surface area contributed by atoms with Crippen molar-refractivity contribution in [2.75, 3.05) is 7.11 Å². The quantitative estimate of drug-likeness (QED) is 0.741. The molecule has 2 aromatic rings. The Morgan fingerprint density at radius 3 is 2.87 bits per heavy atom. The molecule has 0 atom stereocenters. The number of carbonyl (C=O) groups excluding carboxylic acids is 1. The van der Waals surface area contributed by atoms with E-state index in [4.69, 9.17) is 11.6 Å². The third kappa shape index (κ3) is 2.02. The molecule has 0 amide bonds. The second kappa shape index (κ2) is 4.12. The Hall–Kier alpha value is -0.580. The molecule has 0 N–H and O–H groups in total. The van der Waals surface area contributed by atoms with Crippen molar-refractivity contribution in [3.8, 4) is 0 Å². The number of rotatable bonds is 1. The van der Waals surface area contributed by atoms with Crippen molar-refractivity contribution in [2.24, 2.45) is 0 Å². The van der Waals surface area contributed by atoms with Crippen LogP contribution in [0.15, 0.2) is 22.7 Å². The minimum absolute atomic E-state index is 0.316. The van der Waals surface area contributed by atoms with E-state index in [2.05, 4.69) is 20.7 Å². The Kier molecular flexibility index (Phi) is 3.00. The molecule has 0 radical (unpaired) electrons. The summed E-state index contributed by atoms with van der Waals surface area (Å²) in [5, 5.41) is 1.62. The van der Waals surface area contributed by atoms with Crippen LogP contribution in [0.1, 0.15) is 9.67 Å². The summed E-state index contributed by atoms with van der Waals surface area (Å²) >= 11 is 10.7. The molecule has 0 fully saturated rings. The molecule has 15 heavy (non-hydrogen) atoms. The van der Waals surface area contributed by atoms with Crippen molar-refractivity contribution < 1.29 is 9.53 Å². The lowest BCUT2D eigenvalue weighted by molar-refractivity contribution is 0.0606. The summed E-state index contributed by atoms with van der Waals surface area (Å²) in [6.45, 7) is 0. The number of esters is 1. The first kappa shape index (κ1) is 10.9. The van der Waals surface area contributed by atoms with Crippen molar-refractivity contribution >= 4 is 54.9 Å². The van der Waals surface area contributed by atoms with Gasteiger partial charge in [0.1, 0.15) is 4.88 Å². The minimum Gasteiger partial charge on any atom is -0.465 e. The number of fused-ring (bicyclic) bond motifs is 1. The Balaban J connectivity index is 2.61. The summed E-state index contributed by atoms with van der Waals surface area (Å²) < 4.78 is 6.45. The van der Waals surface area contributed by atoms with E-state index in [1.165, 1.54) is 18.4 Å². The van der Waals surface area contributed by atoms with Gasteiger partial charge in [-0.1, -0.05) is 11.6 Å². The zero-order chi connectivity index (χ0) is 11.0. The third-order valence-electron chi connectivity index (χ3n) is 1.95. The first-order valence-electron chi connectivity index (χ1n) is 4.08. The molecule has 1 aromatic carbocycles. The lowest BCUT2D eigenvalue weighted by Gasteiger charge is -1.94. The zero-order valence-electron chi connectivity index (χ0n) is 7.71. The molecule has 2 nitrogen and oxygen atoms in total. The second-order valence-corrected chi connectivity index (χ2v) is 5.25. The van der Waals surface area contributed by atoms with Gasteiger partial charge in [-0.3, -0.25) is 0 Å². The van der Waals surface area contributed by atoms with Gasteiger partial charge >= 0.3 is 5.97 Å². The van der Waals surface area contributed by atoms with Crippen LogP contribution in [0.2, 0.25) is 5.02 Å². The maximum absolute atomic E-state index is 11.3.